The highest BCUT2D eigenvalue weighted by Gasteiger charge is 2.07. The van der Waals surface area contributed by atoms with Crippen LogP contribution in [0, 0.1) is 13.8 Å². The number of aryl methyl sites for hydroxylation is 2. The molecule has 0 aliphatic heterocycles. The molecule has 0 bridgehead atoms. The van der Waals surface area contributed by atoms with Gasteiger partial charge in [-0.1, -0.05) is 11.6 Å². The molecule has 5 heteroatoms. The molecule has 0 aliphatic carbocycles. The van der Waals surface area contributed by atoms with Crippen LogP contribution in [-0.2, 0) is 13.2 Å². The molecule has 2 aromatic rings. The van der Waals surface area contributed by atoms with Crippen molar-refractivity contribution in [2.24, 2.45) is 5.73 Å². The van der Waals surface area contributed by atoms with Gasteiger partial charge >= 0.3 is 0 Å². The van der Waals surface area contributed by atoms with E-state index in [1.54, 1.807) is 17.4 Å². The molecule has 96 valence electrons. The molecule has 1 aromatic heterocycles. The number of nitrogens with two attached hydrogens (primary N) is 1. The van der Waals surface area contributed by atoms with Crippen LogP contribution in [0.5, 0.6) is 5.75 Å². The Kier molecular flexibility index (Phi) is 4.22. The van der Waals surface area contributed by atoms with E-state index >= 15 is 0 Å². The van der Waals surface area contributed by atoms with Crippen LogP contribution in [0.3, 0.4) is 0 Å². The molecule has 0 amide bonds. The van der Waals surface area contributed by atoms with Gasteiger partial charge in [-0.25, -0.2) is 4.98 Å². The molecule has 0 fully saturated rings. The third-order valence-electron chi connectivity index (χ3n) is 2.67. The summed E-state index contributed by atoms with van der Waals surface area (Å²) < 4.78 is 5.75. The van der Waals surface area contributed by atoms with Crippen molar-refractivity contribution < 1.29 is 4.74 Å². The first-order valence-corrected chi connectivity index (χ1v) is 6.84. The molecule has 0 radical (unpaired) electrons. The van der Waals surface area contributed by atoms with E-state index in [1.165, 1.54) is 4.88 Å². The van der Waals surface area contributed by atoms with E-state index in [-0.39, 0.29) is 0 Å². The van der Waals surface area contributed by atoms with Gasteiger partial charge in [-0.15, -0.1) is 11.3 Å². The molecule has 0 unspecified atom stereocenters. The van der Waals surface area contributed by atoms with Gasteiger partial charge in [0.25, 0.3) is 0 Å². The summed E-state index contributed by atoms with van der Waals surface area (Å²) in [4.78, 5) is 5.66. The molecule has 0 spiro atoms. The molecule has 18 heavy (non-hydrogen) atoms. The SMILES string of the molecule is Cc1nc(COc2ccc(Cl)cc2CN)sc1C. The molecule has 2 N–H and O–H groups in total. The first-order valence-electron chi connectivity index (χ1n) is 5.64. The van der Waals surface area contributed by atoms with Gasteiger partial charge in [0.05, 0.1) is 5.69 Å². The summed E-state index contributed by atoms with van der Waals surface area (Å²) in [6, 6.07) is 5.47. The quantitative estimate of drug-likeness (QED) is 0.934. The smallest absolute Gasteiger partial charge is 0.140 e. The maximum atomic E-state index is 5.92. The van der Waals surface area contributed by atoms with Crippen LogP contribution in [0.2, 0.25) is 5.02 Å². The van der Waals surface area contributed by atoms with Gasteiger partial charge in [-0.3, -0.25) is 0 Å². The molecular formula is C13H15ClN2OS. The van der Waals surface area contributed by atoms with Crippen molar-refractivity contribution in [1.29, 1.82) is 0 Å². The van der Waals surface area contributed by atoms with Gasteiger partial charge in [0.1, 0.15) is 17.4 Å². The average Bonchev–Trinajstić information content (AvgIpc) is 2.67. The third-order valence-corrected chi connectivity index (χ3v) is 3.95. The molecule has 0 saturated heterocycles. The van der Waals surface area contributed by atoms with E-state index in [1.807, 2.05) is 19.1 Å². The van der Waals surface area contributed by atoms with Gasteiger partial charge in [0, 0.05) is 22.0 Å². The predicted molar refractivity (Wildman–Crippen MR) is 75.3 cm³/mol. The van der Waals surface area contributed by atoms with Crippen LogP contribution in [0.15, 0.2) is 18.2 Å². The molecule has 0 aliphatic rings. The van der Waals surface area contributed by atoms with Crippen molar-refractivity contribution in [1.82, 2.24) is 4.98 Å². The molecule has 3 nitrogen and oxygen atoms in total. The minimum atomic E-state index is 0.409. The lowest BCUT2D eigenvalue weighted by Gasteiger charge is -2.09. The van der Waals surface area contributed by atoms with Crippen LogP contribution >= 0.6 is 22.9 Å². The van der Waals surface area contributed by atoms with E-state index in [2.05, 4.69) is 11.9 Å². The Hall–Kier alpha value is -1.10. The Morgan fingerprint density at radius 1 is 1.39 bits per heavy atom. The highest BCUT2D eigenvalue weighted by Crippen LogP contribution is 2.24. The number of thiazole rings is 1. The van der Waals surface area contributed by atoms with Crippen molar-refractivity contribution in [2.75, 3.05) is 0 Å². The lowest BCUT2D eigenvalue weighted by atomic mass is 10.2. The minimum absolute atomic E-state index is 0.409. The normalized spacial score (nSPS) is 10.7. The van der Waals surface area contributed by atoms with Crippen molar-refractivity contribution >= 4 is 22.9 Å². The summed E-state index contributed by atoms with van der Waals surface area (Å²) in [5, 5.41) is 1.65. The highest BCUT2D eigenvalue weighted by molar-refractivity contribution is 7.11. The maximum Gasteiger partial charge on any atom is 0.140 e. The monoisotopic (exact) mass is 282 g/mol. The van der Waals surface area contributed by atoms with Crippen molar-refractivity contribution in [3.8, 4) is 5.75 Å². The number of rotatable bonds is 4. The maximum absolute atomic E-state index is 5.92. The zero-order valence-corrected chi connectivity index (χ0v) is 11.9. The van der Waals surface area contributed by atoms with Gasteiger partial charge in [-0.2, -0.15) is 0 Å². The number of hydrogen-bond acceptors (Lipinski definition) is 4. The average molecular weight is 283 g/mol. The topological polar surface area (TPSA) is 48.1 Å². The van der Waals surface area contributed by atoms with E-state index in [9.17, 15) is 0 Å². The molecule has 1 aromatic carbocycles. The Morgan fingerprint density at radius 2 is 2.17 bits per heavy atom. The zero-order chi connectivity index (χ0) is 13.1. The summed E-state index contributed by atoms with van der Waals surface area (Å²) in [5.41, 5.74) is 7.64. The second-order valence-electron chi connectivity index (χ2n) is 3.99. The Balaban J connectivity index is 2.10. The fourth-order valence-electron chi connectivity index (χ4n) is 1.59. The van der Waals surface area contributed by atoms with Crippen molar-refractivity contribution in [3.63, 3.8) is 0 Å². The number of ether oxygens (including phenoxy) is 1. The predicted octanol–water partition coefficient (Wildman–Crippen LogP) is 3.45. The Bertz CT molecular complexity index is 534. The fraction of sp³-hybridized carbons (Fsp3) is 0.308. The molecule has 2 rings (SSSR count). The molecule has 0 atom stereocenters. The van der Waals surface area contributed by atoms with Gasteiger partial charge in [-0.05, 0) is 32.0 Å². The lowest BCUT2D eigenvalue weighted by Crippen LogP contribution is -2.02. The van der Waals surface area contributed by atoms with Gasteiger partial charge < -0.3 is 10.5 Å². The molecular weight excluding hydrogens is 268 g/mol. The number of halogens is 1. The van der Waals surface area contributed by atoms with E-state index in [4.69, 9.17) is 22.1 Å². The van der Waals surface area contributed by atoms with Crippen molar-refractivity contribution in [3.05, 3.63) is 44.4 Å². The first kappa shape index (κ1) is 13.3. The number of hydrogen-bond donors (Lipinski definition) is 1. The van der Waals surface area contributed by atoms with Gasteiger partial charge in [0.2, 0.25) is 0 Å². The summed E-state index contributed by atoms with van der Waals surface area (Å²) in [6.07, 6.45) is 0. The van der Waals surface area contributed by atoms with E-state index in [0.717, 1.165) is 22.0 Å². The Morgan fingerprint density at radius 3 is 2.78 bits per heavy atom. The molecule has 1 heterocycles. The standard InChI is InChI=1S/C13H15ClN2OS/c1-8-9(2)18-13(16-8)7-17-12-4-3-11(14)5-10(12)6-15/h3-5H,6-7,15H2,1-2H3. The van der Waals surface area contributed by atoms with Crippen LogP contribution < -0.4 is 10.5 Å². The van der Waals surface area contributed by atoms with Crippen LogP contribution in [0.4, 0.5) is 0 Å². The second kappa shape index (κ2) is 5.69. The van der Waals surface area contributed by atoms with Crippen LogP contribution in [0.1, 0.15) is 21.1 Å². The minimum Gasteiger partial charge on any atom is -0.486 e. The molecule has 0 saturated carbocycles. The Labute approximate surface area is 116 Å². The number of benzene rings is 1. The van der Waals surface area contributed by atoms with Crippen molar-refractivity contribution in [2.45, 2.75) is 27.0 Å². The van der Waals surface area contributed by atoms with Gasteiger partial charge in [0.15, 0.2) is 0 Å². The summed E-state index contributed by atoms with van der Waals surface area (Å²) in [6.45, 7) is 4.94. The zero-order valence-electron chi connectivity index (χ0n) is 10.4. The first-order chi connectivity index (χ1) is 8.60. The summed E-state index contributed by atoms with van der Waals surface area (Å²) >= 11 is 7.57. The third kappa shape index (κ3) is 3.02. The fourth-order valence-corrected chi connectivity index (χ4v) is 2.63. The highest BCUT2D eigenvalue weighted by atomic mass is 35.5. The number of aromatic nitrogens is 1. The van der Waals surface area contributed by atoms with Crippen LogP contribution in [-0.4, -0.2) is 4.98 Å². The lowest BCUT2D eigenvalue weighted by molar-refractivity contribution is 0.302. The number of nitrogens with zero attached hydrogens (tertiary/aromatic N) is 1. The van der Waals surface area contributed by atoms with E-state index < -0.39 is 0 Å². The largest absolute Gasteiger partial charge is 0.486 e. The summed E-state index contributed by atoms with van der Waals surface area (Å²) in [5.74, 6) is 0.771. The van der Waals surface area contributed by atoms with E-state index in [0.29, 0.717) is 18.2 Å². The van der Waals surface area contributed by atoms with Crippen LogP contribution in [0.25, 0.3) is 0 Å². The summed E-state index contributed by atoms with van der Waals surface area (Å²) in [7, 11) is 0. The second-order valence-corrected chi connectivity index (χ2v) is 5.72.